The molecule has 10 heteroatoms. The third kappa shape index (κ3) is 5.76. The summed E-state index contributed by atoms with van der Waals surface area (Å²) in [7, 11) is -4.11. The van der Waals surface area contributed by atoms with E-state index in [0.717, 1.165) is 6.07 Å². The molecule has 1 atom stereocenters. The molecular formula is C24H20FN3O5S. The SMILES string of the molecule is Cc1ccc(S(=O)(=O)Nc2cccc(C(=O)OC(C)C(=O)Nc3ccccc3C#N)c2)cc1F. The molecule has 0 saturated heterocycles. The number of sulfonamides is 1. The predicted molar refractivity (Wildman–Crippen MR) is 123 cm³/mol. The van der Waals surface area contributed by atoms with Gasteiger partial charge < -0.3 is 10.1 Å². The fraction of sp³-hybridized carbons (Fsp3) is 0.125. The Labute approximate surface area is 196 Å². The van der Waals surface area contributed by atoms with Crippen LogP contribution in [-0.4, -0.2) is 26.4 Å². The average molecular weight is 482 g/mol. The first-order valence-corrected chi connectivity index (χ1v) is 11.5. The number of nitrogens with zero attached hydrogens (tertiary/aromatic N) is 1. The number of hydrogen-bond acceptors (Lipinski definition) is 6. The molecule has 0 heterocycles. The Morgan fingerprint density at radius 3 is 2.50 bits per heavy atom. The largest absolute Gasteiger partial charge is 0.449 e. The minimum Gasteiger partial charge on any atom is -0.449 e. The van der Waals surface area contributed by atoms with E-state index in [9.17, 15) is 22.4 Å². The highest BCUT2D eigenvalue weighted by Crippen LogP contribution is 2.20. The van der Waals surface area contributed by atoms with Gasteiger partial charge in [0.1, 0.15) is 11.9 Å². The number of anilines is 2. The molecule has 0 aliphatic rings. The molecule has 3 aromatic carbocycles. The summed E-state index contributed by atoms with van der Waals surface area (Å²) in [4.78, 5) is 24.6. The van der Waals surface area contributed by atoms with E-state index >= 15 is 0 Å². The highest BCUT2D eigenvalue weighted by molar-refractivity contribution is 7.92. The van der Waals surface area contributed by atoms with Gasteiger partial charge in [-0.25, -0.2) is 17.6 Å². The highest BCUT2D eigenvalue weighted by atomic mass is 32.2. The quantitative estimate of drug-likeness (QED) is 0.492. The predicted octanol–water partition coefficient (Wildman–Crippen LogP) is 3.99. The summed E-state index contributed by atoms with van der Waals surface area (Å²) in [6.07, 6.45) is -1.20. The Balaban J connectivity index is 1.70. The van der Waals surface area contributed by atoms with Gasteiger partial charge in [-0.2, -0.15) is 5.26 Å². The van der Waals surface area contributed by atoms with Crippen LogP contribution >= 0.6 is 0 Å². The van der Waals surface area contributed by atoms with Crippen molar-refractivity contribution in [3.63, 3.8) is 0 Å². The van der Waals surface area contributed by atoms with E-state index in [1.807, 2.05) is 6.07 Å². The van der Waals surface area contributed by atoms with Gasteiger partial charge in [-0.3, -0.25) is 9.52 Å². The Hall–Kier alpha value is -4.23. The summed E-state index contributed by atoms with van der Waals surface area (Å²) in [5.74, 6) is -2.17. The maximum absolute atomic E-state index is 13.8. The van der Waals surface area contributed by atoms with E-state index in [1.165, 1.54) is 56.3 Å². The van der Waals surface area contributed by atoms with Crippen molar-refractivity contribution >= 4 is 33.3 Å². The van der Waals surface area contributed by atoms with E-state index in [4.69, 9.17) is 10.00 Å². The van der Waals surface area contributed by atoms with Crippen LogP contribution in [-0.2, 0) is 19.6 Å². The Kier molecular flexibility index (Phi) is 7.28. The molecule has 0 radical (unpaired) electrons. The summed E-state index contributed by atoms with van der Waals surface area (Å²) < 4.78 is 46.4. The normalized spacial score (nSPS) is 11.7. The van der Waals surface area contributed by atoms with Gasteiger partial charge in [0.15, 0.2) is 6.10 Å². The van der Waals surface area contributed by atoms with Gasteiger partial charge in [-0.15, -0.1) is 0 Å². The highest BCUT2D eigenvalue weighted by Gasteiger charge is 2.21. The molecule has 0 fully saturated rings. The second-order valence-electron chi connectivity index (χ2n) is 7.29. The number of esters is 1. The van der Waals surface area contributed by atoms with Gasteiger partial charge in [0, 0.05) is 5.69 Å². The number of para-hydroxylation sites is 1. The van der Waals surface area contributed by atoms with Gasteiger partial charge in [0.05, 0.1) is 21.7 Å². The molecule has 174 valence electrons. The summed E-state index contributed by atoms with van der Waals surface area (Å²) in [5.41, 5.74) is 0.880. The summed E-state index contributed by atoms with van der Waals surface area (Å²) in [6, 6.07) is 17.3. The van der Waals surface area contributed by atoms with Crippen molar-refractivity contribution in [2.45, 2.75) is 24.8 Å². The second-order valence-corrected chi connectivity index (χ2v) is 8.97. The van der Waals surface area contributed by atoms with E-state index in [-0.39, 0.29) is 27.4 Å². The van der Waals surface area contributed by atoms with Crippen molar-refractivity contribution in [1.82, 2.24) is 0 Å². The van der Waals surface area contributed by atoms with Crippen LogP contribution in [0.1, 0.15) is 28.4 Å². The molecule has 3 rings (SSSR count). The van der Waals surface area contributed by atoms with Gasteiger partial charge in [0.25, 0.3) is 15.9 Å². The monoisotopic (exact) mass is 481 g/mol. The molecule has 0 aliphatic heterocycles. The zero-order valence-electron chi connectivity index (χ0n) is 18.2. The summed E-state index contributed by atoms with van der Waals surface area (Å²) in [5, 5.41) is 11.6. The summed E-state index contributed by atoms with van der Waals surface area (Å²) in [6.45, 7) is 2.87. The molecule has 0 saturated carbocycles. The first-order chi connectivity index (χ1) is 16.1. The van der Waals surface area contributed by atoms with Crippen molar-refractivity contribution in [2.24, 2.45) is 0 Å². The topological polar surface area (TPSA) is 125 Å². The van der Waals surface area contributed by atoms with E-state index in [0.29, 0.717) is 5.56 Å². The number of aryl methyl sites for hydroxylation is 1. The lowest BCUT2D eigenvalue weighted by Gasteiger charge is -2.15. The molecule has 0 spiro atoms. The molecule has 0 bridgehead atoms. The minimum atomic E-state index is -4.11. The van der Waals surface area contributed by atoms with Gasteiger partial charge in [-0.05, 0) is 61.9 Å². The second kappa shape index (κ2) is 10.1. The van der Waals surface area contributed by atoms with Gasteiger partial charge in [0.2, 0.25) is 0 Å². The minimum absolute atomic E-state index is 0.00707. The van der Waals surface area contributed by atoms with Crippen molar-refractivity contribution in [1.29, 1.82) is 5.26 Å². The number of ether oxygens (including phenoxy) is 1. The zero-order chi connectivity index (χ0) is 24.9. The van der Waals surface area contributed by atoms with E-state index in [2.05, 4.69) is 10.0 Å². The third-order valence-electron chi connectivity index (χ3n) is 4.76. The Morgan fingerprint density at radius 2 is 1.79 bits per heavy atom. The smallest absolute Gasteiger partial charge is 0.338 e. The average Bonchev–Trinajstić information content (AvgIpc) is 2.80. The molecular weight excluding hydrogens is 461 g/mol. The van der Waals surface area contributed by atoms with E-state index in [1.54, 1.807) is 18.2 Å². The number of carbonyl (C=O) groups is 2. The molecule has 8 nitrogen and oxygen atoms in total. The van der Waals surface area contributed by atoms with E-state index < -0.39 is 33.8 Å². The lowest BCUT2D eigenvalue weighted by molar-refractivity contribution is -0.123. The maximum Gasteiger partial charge on any atom is 0.338 e. The van der Waals surface area contributed by atoms with Crippen LogP contribution in [0.3, 0.4) is 0 Å². The number of benzene rings is 3. The molecule has 3 aromatic rings. The van der Waals surface area contributed by atoms with Crippen molar-refractivity contribution < 1.29 is 27.1 Å². The molecule has 1 unspecified atom stereocenters. The number of amides is 1. The van der Waals surface area contributed by atoms with Crippen molar-refractivity contribution in [3.05, 3.63) is 89.2 Å². The fourth-order valence-electron chi connectivity index (χ4n) is 2.87. The van der Waals surface area contributed by atoms with Crippen molar-refractivity contribution in [3.8, 4) is 6.07 Å². The van der Waals surface area contributed by atoms with Crippen LogP contribution in [0.5, 0.6) is 0 Å². The zero-order valence-corrected chi connectivity index (χ0v) is 19.0. The van der Waals surface area contributed by atoms with Crippen LogP contribution in [0.25, 0.3) is 0 Å². The van der Waals surface area contributed by atoms with Crippen LogP contribution in [0.15, 0.2) is 71.6 Å². The first-order valence-electron chi connectivity index (χ1n) is 10.0. The molecule has 0 aromatic heterocycles. The van der Waals surface area contributed by atoms with Crippen LogP contribution in [0.2, 0.25) is 0 Å². The number of hydrogen-bond donors (Lipinski definition) is 2. The van der Waals surface area contributed by atoms with Crippen molar-refractivity contribution in [2.75, 3.05) is 10.0 Å². The molecule has 2 N–H and O–H groups in total. The number of nitriles is 1. The van der Waals surface area contributed by atoms with Gasteiger partial charge >= 0.3 is 5.97 Å². The van der Waals surface area contributed by atoms with Crippen LogP contribution < -0.4 is 10.0 Å². The lowest BCUT2D eigenvalue weighted by Crippen LogP contribution is -2.30. The Bertz CT molecular complexity index is 1400. The standard InChI is InChI=1S/C24H20FN3O5S/c1-15-10-11-20(13-21(15)25)34(31,32)28-19-8-5-7-17(12-19)24(30)33-16(2)23(29)27-22-9-4-3-6-18(22)14-26/h3-13,16,28H,1-2H3,(H,27,29). The van der Waals surface area contributed by atoms with Crippen LogP contribution in [0.4, 0.5) is 15.8 Å². The first kappa shape index (κ1) is 24.4. The number of rotatable bonds is 7. The van der Waals surface area contributed by atoms with Gasteiger partial charge in [-0.1, -0.05) is 24.3 Å². The van der Waals surface area contributed by atoms with Crippen LogP contribution in [0, 0.1) is 24.1 Å². The Morgan fingerprint density at radius 1 is 1.06 bits per heavy atom. The molecule has 0 aliphatic carbocycles. The lowest BCUT2D eigenvalue weighted by atomic mass is 10.2. The number of halogens is 1. The molecule has 34 heavy (non-hydrogen) atoms. The number of nitrogens with one attached hydrogen (secondary N) is 2. The summed E-state index contributed by atoms with van der Waals surface area (Å²) >= 11 is 0. The number of carbonyl (C=O) groups excluding carboxylic acids is 2. The fourth-order valence-corrected chi connectivity index (χ4v) is 3.93. The molecule has 1 amide bonds. The maximum atomic E-state index is 13.8. The third-order valence-corrected chi connectivity index (χ3v) is 6.14.